The molecule has 0 radical (unpaired) electrons. The standard InChI is InChI=1S/C32H40N8O4S2/c1-21(45-29-18-26(5-3-24(29)19-33)46(43,44)39-14-9-25(34)10-15-39)20-38-12-7-22(8-13-38)23-4-6-27-28(17-23)37(2)36-31(27)40-16-11-30(41)35-32(40)42/h3-6,17-18,21-22,25H,7-16,20,34H2,1-2H3,(H,35,41,42). The molecule has 0 bridgehead atoms. The molecule has 12 nitrogen and oxygen atoms in total. The zero-order valence-corrected chi connectivity index (χ0v) is 27.8. The van der Waals surface area contributed by atoms with Gasteiger partial charge in [0.2, 0.25) is 15.9 Å². The molecule has 1 aromatic heterocycles. The zero-order valence-electron chi connectivity index (χ0n) is 26.2. The molecule has 14 heteroatoms. The largest absolute Gasteiger partial charge is 0.329 e. The number of rotatable bonds is 8. The lowest BCUT2D eigenvalue weighted by atomic mass is 9.89. The van der Waals surface area contributed by atoms with Gasteiger partial charge in [-0.25, -0.2) is 13.2 Å². The highest BCUT2D eigenvalue weighted by atomic mass is 32.2. The number of urea groups is 1. The molecule has 2 aromatic carbocycles. The molecule has 6 rings (SSSR count). The van der Waals surface area contributed by atoms with Gasteiger partial charge < -0.3 is 10.6 Å². The van der Waals surface area contributed by atoms with E-state index < -0.39 is 16.1 Å². The molecule has 3 aliphatic rings. The van der Waals surface area contributed by atoms with Crippen molar-refractivity contribution < 1.29 is 18.0 Å². The molecule has 0 aliphatic carbocycles. The number of imide groups is 1. The Labute approximate surface area is 273 Å². The van der Waals surface area contributed by atoms with E-state index in [2.05, 4.69) is 40.4 Å². The second kappa shape index (κ2) is 13.3. The van der Waals surface area contributed by atoms with Crippen LogP contribution in [0.15, 0.2) is 46.2 Å². The minimum Gasteiger partial charge on any atom is -0.328 e. The van der Waals surface area contributed by atoms with Crippen molar-refractivity contribution >= 4 is 50.4 Å². The number of sulfonamides is 1. The maximum Gasteiger partial charge on any atom is 0.329 e. The van der Waals surface area contributed by atoms with Gasteiger partial charge in [0.05, 0.1) is 16.0 Å². The van der Waals surface area contributed by atoms with Crippen molar-refractivity contribution in [3.63, 3.8) is 0 Å². The number of aryl methyl sites for hydroxylation is 1. The summed E-state index contributed by atoms with van der Waals surface area (Å²) in [7, 11) is -1.78. The predicted octanol–water partition coefficient (Wildman–Crippen LogP) is 3.36. The van der Waals surface area contributed by atoms with Crippen LogP contribution in [0, 0.1) is 11.3 Å². The summed E-state index contributed by atoms with van der Waals surface area (Å²) in [5.41, 5.74) is 8.66. The van der Waals surface area contributed by atoms with Crippen molar-refractivity contribution in [2.24, 2.45) is 12.8 Å². The van der Waals surface area contributed by atoms with E-state index in [1.54, 1.807) is 28.6 Å². The van der Waals surface area contributed by atoms with Gasteiger partial charge in [0.25, 0.3) is 0 Å². The number of nitrogens with one attached hydrogen (secondary N) is 1. The van der Waals surface area contributed by atoms with Gasteiger partial charge in [-0.05, 0) is 80.6 Å². The summed E-state index contributed by atoms with van der Waals surface area (Å²) in [6.45, 7) is 5.95. The third-order valence-corrected chi connectivity index (χ3v) is 12.3. The van der Waals surface area contributed by atoms with Crippen LogP contribution in [-0.4, -0.2) is 89.9 Å². The molecule has 3 aliphatic heterocycles. The Balaban J connectivity index is 1.07. The minimum atomic E-state index is -3.65. The molecule has 4 heterocycles. The van der Waals surface area contributed by atoms with E-state index in [1.807, 2.05) is 13.1 Å². The molecule has 1 atom stereocenters. The van der Waals surface area contributed by atoms with E-state index >= 15 is 0 Å². The monoisotopic (exact) mass is 664 g/mol. The third kappa shape index (κ3) is 6.65. The van der Waals surface area contributed by atoms with Crippen LogP contribution in [0.4, 0.5) is 10.6 Å². The van der Waals surface area contributed by atoms with E-state index in [0.29, 0.717) is 54.7 Å². The summed E-state index contributed by atoms with van der Waals surface area (Å²) in [4.78, 5) is 28.9. The number of likely N-dealkylation sites (tertiary alicyclic amines) is 1. The second-order valence-electron chi connectivity index (χ2n) is 12.5. The fourth-order valence-electron chi connectivity index (χ4n) is 6.66. The first-order chi connectivity index (χ1) is 22.0. The second-order valence-corrected chi connectivity index (χ2v) is 15.9. The molecule has 3 N–H and O–H groups in total. The lowest BCUT2D eigenvalue weighted by molar-refractivity contribution is -0.120. The average molecular weight is 665 g/mol. The van der Waals surface area contributed by atoms with Gasteiger partial charge in [-0.1, -0.05) is 13.0 Å². The number of thioether (sulfide) groups is 1. The van der Waals surface area contributed by atoms with E-state index in [9.17, 15) is 23.3 Å². The lowest BCUT2D eigenvalue weighted by Crippen LogP contribution is -2.49. The van der Waals surface area contributed by atoms with Crippen molar-refractivity contribution in [1.82, 2.24) is 24.3 Å². The average Bonchev–Trinajstić information content (AvgIpc) is 3.36. The molecule has 3 aromatic rings. The summed E-state index contributed by atoms with van der Waals surface area (Å²) < 4.78 is 30.0. The number of hydrogen-bond acceptors (Lipinski definition) is 9. The Morgan fingerprint density at radius 1 is 1.07 bits per heavy atom. The number of nitrogens with two attached hydrogens (primary N) is 1. The van der Waals surface area contributed by atoms with Crippen LogP contribution in [0.5, 0.6) is 0 Å². The number of aromatic nitrogens is 2. The summed E-state index contributed by atoms with van der Waals surface area (Å²) >= 11 is 1.55. The Morgan fingerprint density at radius 2 is 1.80 bits per heavy atom. The first-order valence-corrected chi connectivity index (χ1v) is 18.1. The van der Waals surface area contributed by atoms with Crippen LogP contribution in [0.25, 0.3) is 10.9 Å². The SMILES string of the molecule is CC(CN1CCC(c2ccc3c(N4CCC(=O)NC4=O)nn(C)c3c2)CC1)Sc1cc(S(=O)(=O)N2CCC(N)CC2)ccc1C#N. The minimum absolute atomic E-state index is 0.0348. The highest BCUT2D eigenvalue weighted by Gasteiger charge is 2.31. The van der Waals surface area contributed by atoms with Crippen molar-refractivity contribution in [1.29, 1.82) is 5.26 Å². The number of nitriles is 1. The first kappa shape index (κ1) is 32.5. The number of carbonyl (C=O) groups is 2. The third-order valence-electron chi connectivity index (χ3n) is 9.28. The number of benzene rings is 2. The molecule has 3 fully saturated rings. The normalized spacial score (nSPS) is 20.2. The molecule has 244 valence electrons. The molecule has 3 saturated heterocycles. The Hall–Kier alpha value is -3.48. The Bertz CT molecular complexity index is 1790. The summed E-state index contributed by atoms with van der Waals surface area (Å²) in [5.74, 6) is 0.692. The highest BCUT2D eigenvalue weighted by molar-refractivity contribution is 8.00. The summed E-state index contributed by atoms with van der Waals surface area (Å²) in [6.07, 6.45) is 3.54. The number of amides is 3. The van der Waals surface area contributed by atoms with Crippen LogP contribution in [0.1, 0.15) is 56.1 Å². The fraction of sp³-hybridized carbons (Fsp3) is 0.500. The van der Waals surface area contributed by atoms with Crippen LogP contribution in [-0.2, 0) is 21.9 Å². The number of fused-ring (bicyclic) bond motifs is 1. The topological polar surface area (TPSA) is 158 Å². The summed E-state index contributed by atoms with van der Waals surface area (Å²) in [6, 6.07) is 13.0. The maximum atomic E-state index is 13.3. The van der Waals surface area contributed by atoms with Crippen molar-refractivity contribution in [3.8, 4) is 6.07 Å². The number of hydrogen-bond donors (Lipinski definition) is 2. The number of anilines is 1. The quantitative estimate of drug-likeness (QED) is 0.345. The number of nitrogens with zero attached hydrogens (tertiary/aromatic N) is 6. The van der Waals surface area contributed by atoms with Gasteiger partial charge in [-0.2, -0.15) is 14.7 Å². The van der Waals surface area contributed by atoms with Crippen LogP contribution in [0.3, 0.4) is 0 Å². The van der Waals surface area contributed by atoms with E-state index in [1.165, 1.54) is 20.8 Å². The lowest BCUT2D eigenvalue weighted by Gasteiger charge is -2.33. The van der Waals surface area contributed by atoms with Crippen LogP contribution < -0.4 is 16.0 Å². The molecule has 46 heavy (non-hydrogen) atoms. The van der Waals surface area contributed by atoms with Gasteiger partial charge in [0.1, 0.15) is 6.07 Å². The van der Waals surface area contributed by atoms with E-state index in [0.717, 1.165) is 43.4 Å². The van der Waals surface area contributed by atoms with Crippen molar-refractivity contribution in [2.45, 2.75) is 66.0 Å². The van der Waals surface area contributed by atoms with E-state index in [-0.39, 0.29) is 28.5 Å². The Morgan fingerprint density at radius 3 is 2.50 bits per heavy atom. The smallest absolute Gasteiger partial charge is 0.328 e. The Kier molecular flexibility index (Phi) is 9.40. The fourth-order valence-corrected chi connectivity index (χ4v) is 9.39. The van der Waals surface area contributed by atoms with Crippen molar-refractivity contribution in [2.75, 3.05) is 44.2 Å². The maximum absolute atomic E-state index is 13.3. The van der Waals surface area contributed by atoms with Crippen molar-refractivity contribution in [3.05, 3.63) is 47.5 Å². The molecular weight excluding hydrogens is 625 g/mol. The van der Waals surface area contributed by atoms with E-state index in [4.69, 9.17) is 5.73 Å². The molecule has 1 unspecified atom stereocenters. The van der Waals surface area contributed by atoms with Gasteiger partial charge in [-0.15, -0.1) is 11.8 Å². The van der Waals surface area contributed by atoms with Gasteiger partial charge in [-0.3, -0.25) is 19.7 Å². The van der Waals surface area contributed by atoms with Crippen LogP contribution >= 0.6 is 11.8 Å². The molecular formula is C32H40N8O4S2. The molecule has 0 spiro atoms. The first-order valence-electron chi connectivity index (χ1n) is 15.8. The zero-order chi connectivity index (χ0) is 32.6. The van der Waals surface area contributed by atoms with Gasteiger partial charge >= 0.3 is 6.03 Å². The molecule has 0 saturated carbocycles. The number of carbonyl (C=O) groups excluding carboxylic acids is 2. The number of piperidine rings is 2. The molecule has 3 amide bonds. The van der Waals surface area contributed by atoms with Crippen LogP contribution in [0.2, 0.25) is 0 Å². The van der Waals surface area contributed by atoms with Gasteiger partial charge in [0.15, 0.2) is 5.82 Å². The predicted molar refractivity (Wildman–Crippen MR) is 177 cm³/mol. The highest BCUT2D eigenvalue weighted by Crippen LogP contribution is 2.35. The van der Waals surface area contributed by atoms with Gasteiger partial charge in [0, 0.05) is 61.2 Å². The summed E-state index contributed by atoms with van der Waals surface area (Å²) in [5, 5.41) is 17.8.